The van der Waals surface area contributed by atoms with Gasteiger partial charge in [-0.1, -0.05) is 0 Å². The molecule has 0 bridgehead atoms. The molecule has 0 amide bonds. The van der Waals surface area contributed by atoms with Crippen LogP contribution in [0.4, 0.5) is 5.82 Å². The Morgan fingerprint density at radius 2 is 2.16 bits per heavy atom. The highest BCUT2D eigenvalue weighted by atomic mass is 15.4. The highest BCUT2D eigenvalue weighted by Crippen LogP contribution is 2.35. The monoisotopic (exact) mass is 339 g/mol. The van der Waals surface area contributed by atoms with E-state index in [2.05, 4.69) is 10.2 Å². The van der Waals surface area contributed by atoms with Gasteiger partial charge in [0.25, 0.3) is 0 Å². The van der Waals surface area contributed by atoms with Gasteiger partial charge < -0.3 is 16.5 Å². The maximum absolute atomic E-state index is 6.18. The Balaban J connectivity index is 1.86. The van der Waals surface area contributed by atoms with Crippen LogP contribution in [0.2, 0.25) is 0 Å². The fourth-order valence-electron chi connectivity index (χ4n) is 2.98. The molecule has 9 nitrogen and oxygen atoms in total. The highest BCUT2D eigenvalue weighted by Gasteiger charge is 2.23. The van der Waals surface area contributed by atoms with E-state index in [1.807, 2.05) is 16.9 Å². The molecule has 0 spiro atoms. The summed E-state index contributed by atoms with van der Waals surface area (Å²) in [6, 6.07) is 2.32. The van der Waals surface area contributed by atoms with Crippen molar-refractivity contribution in [2.75, 3.05) is 12.8 Å². The molecule has 130 valence electrons. The molecule has 0 atom stereocenters. The van der Waals surface area contributed by atoms with E-state index in [-0.39, 0.29) is 0 Å². The van der Waals surface area contributed by atoms with Gasteiger partial charge in [0.05, 0.1) is 35.2 Å². The molecule has 1 aliphatic carbocycles. The SMILES string of the molecule is CN(N)/C=C(\N)c1cn2nccc2c(-c2cn(C3CCC3)nc2N)n1. The van der Waals surface area contributed by atoms with E-state index < -0.39 is 0 Å². The van der Waals surface area contributed by atoms with Crippen LogP contribution in [0.5, 0.6) is 0 Å². The Morgan fingerprint density at radius 3 is 2.84 bits per heavy atom. The third kappa shape index (κ3) is 2.68. The maximum atomic E-state index is 6.18. The van der Waals surface area contributed by atoms with Gasteiger partial charge in [0, 0.05) is 19.4 Å². The van der Waals surface area contributed by atoms with Crippen molar-refractivity contribution in [3.8, 4) is 11.3 Å². The van der Waals surface area contributed by atoms with Crippen molar-refractivity contribution in [3.63, 3.8) is 0 Å². The molecule has 0 aromatic carbocycles. The van der Waals surface area contributed by atoms with Crippen molar-refractivity contribution < 1.29 is 0 Å². The van der Waals surface area contributed by atoms with Gasteiger partial charge in [-0.05, 0) is 25.3 Å². The minimum Gasteiger partial charge on any atom is -0.396 e. The molecule has 9 heteroatoms. The van der Waals surface area contributed by atoms with Crippen LogP contribution >= 0.6 is 0 Å². The molecule has 4 rings (SSSR count). The average Bonchev–Trinajstić information content (AvgIpc) is 3.10. The molecule has 0 unspecified atom stereocenters. The Hall–Kier alpha value is -3.07. The number of aromatic nitrogens is 5. The first kappa shape index (κ1) is 15.5. The number of hydrogen-bond acceptors (Lipinski definition) is 7. The van der Waals surface area contributed by atoms with Gasteiger partial charge >= 0.3 is 0 Å². The first-order valence-electron chi connectivity index (χ1n) is 8.17. The van der Waals surface area contributed by atoms with Crippen LogP contribution in [0.15, 0.2) is 30.9 Å². The normalized spacial score (nSPS) is 15.5. The van der Waals surface area contributed by atoms with Crippen molar-refractivity contribution in [1.29, 1.82) is 0 Å². The quantitative estimate of drug-likeness (QED) is 0.477. The van der Waals surface area contributed by atoms with Crippen molar-refractivity contribution in [2.45, 2.75) is 25.3 Å². The van der Waals surface area contributed by atoms with Gasteiger partial charge in [-0.2, -0.15) is 10.2 Å². The predicted molar refractivity (Wildman–Crippen MR) is 95.6 cm³/mol. The van der Waals surface area contributed by atoms with Gasteiger partial charge in [-0.3, -0.25) is 4.68 Å². The molecule has 0 radical (unpaired) electrons. The lowest BCUT2D eigenvalue weighted by molar-refractivity contribution is 0.290. The molecular formula is C16H21N9. The van der Waals surface area contributed by atoms with Gasteiger partial charge in [0.1, 0.15) is 11.4 Å². The molecular weight excluding hydrogens is 318 g/mol. The molecule has 3 heterocycles. The first-order valence-corrected chi connectivity index (χ1v) is 8.17. The summed E-state index contributed by atoms with van der Waals surface area (Å²) < 4.78 is 3.68. The number of nitrogens with two attached hydrogens (primary N) is 3. The second-order valence-corrected chi connectivity index (χ2v) is 6.38. The largest absolute Gasteiger partial charge is 0.396 e. The van der Waals surface area contributed by atoms with E-state index in [9.17, 15) is 0 Å². The minimum atomic E-state index is 0.427. The Bertz CT molecular complexity index is 946. The Kier molecular flexibility index (Phi) is 3.57. The van der Waals surface area contributed by atoms with E-state index in [1.54, 1.807) is 30.2 Å². The second-order valence-electron chi connectivity index (χ2n) is 6.38. The third-order valence-corrected chi connectivity index (χ3v) is 4.49. The number of fused-ring (bicyclic) bond motifs is 1. The lowest BCUT2D eigenvalue weighted by Gasteiger charge is -2.25. The molecule has 6 N–H and O–H groups in total. The molecule has 3 aromatic heterocycles. The van der Waals surface area contributed by atoms with E-state index in [0.29, 0.717) is 28.9 Å². The summed E-state index contributed by atoms with van der Waals surface area (Å²) in [5.41, 5.74) is 15.6. The van der Waals surface area contributed by atoms with Crippen molar-refractivity contribution in [3.05, 3.63) is 36.6 Å². The van der Waals surface area contributed by atoms with Crippen LogP contribution < -0.4 is 17.3 Å². The zero-order valence-corrected chi connectivity index (χ0v) is 14.0. The molecule has 1 saturated carbocycles. The van der Waals surface area contributed by atoms with E-state index >= 15 is 0 Å². The smallest absolute Gasteiger partial charge is 0.155 e. The fourth-order valence-corrected chi connectivity index (χ4v) is 2.98. The summed E-state index contributed by atoms with van der Waals surface area (Å²) in [5, 5.41) is 10.2. The lowest BCUT2D eigenvalue weighted by atomic mass is 9.93. The van der Waals surface area contributed by atoms with Crippen molar-refractivity contribution in [1.82, 2.24) is 29.4 Å². The maximum Gasteiger partial charge on any atom is 0.155 e. The minimum absolute atomic E-state index is 0.427. The Morgan fingerprint density at radius 1 is 1.36 bits per heavy atom. The van der Waals surface area contributed by atoms with Crippen LogP contribution in [0.1, 0.15) is 31.0 Å². The molecule has 1 aliphatic rings. The average molecular weight is 339 g/mol. The van der Waals surface area contributed by atoms with Gasteiger partial charge in [0.15, 0.2) is 5.82 Å². The number of nitrogens with zero attached hydrogens (tertiary/aromatic N) is 6. The summed E-state index contributed by atoms with van der Waals surface area (Å²) in [7, 11) is 1.70. The highest BCUT2D eigenvalue weighted by molar-refractivity contribution is 5.83. The first-order chi connectivity index (χ1) is 12.0. The number of nitrogen functional groups attached to an aromatic ring is 1. The summed E-state index contributed by atoms with van der Waals surface area (Å²) in [6.45, 7) is 0. The summed E-state index contributed by atoms with van der Waals surface area (Å²) in [4.78, 5) is 4.70. The molecule has 0 saturated heterocycles. The molecule has 0 aliphatic heterocycles. The van der Waals surface area contributed by atoms with Gasteiger partial charge in [-0.15, -0.1) is 0 Å². The van der Waals surface area contributed by atoms with Crippen molar-refractivity contribution >= 4 is 17.0 Å². The third-order valence-electron chi connectivity index (χ3n) is 4.49. The Labute approximate surface area is 144 Å². The van der Waals surface area contributed by atoms with Crippen LogP contribution in [0.25, 0.3) is 22.5 Å². The zero-order chi connectivity index (χ0) is 17.6. The molecule has 3 aromatic rings. The van der Waals surface area contributed by atoms with Crippen LogP contribution in [0.3, 0.4) is 0 Å². The second kappa shape index (κ2) is 5.78. The number of rotatable bonds is 4. The van der Waals surface area contributed by atoms with E-state index in [1.165, 1.54) is 11.4 Å². The zero-order valence-electron chi connectivity index (χ0n) is 14.0. The van der Waals surface area contributed by atoms with Crippen molar-refractivity contribution in [2.24, 2.45) is 11.6 Å². The topological polar surface area (TPSA) is 129 Å². The summed E-state index contributed by atoms with van der Waals surface area (Å²) >= 11 is 0. The number of hydrogen-bond donors (Lipinski definition) is 3. The van der Waals surface area contributed by atoms with E-state index in [4.69, 9.17) is 22.3 Å². The summed E-state index contributed by atoms with van der Waals surface area (Å²) in [5.74, 6) is 6.10. The number of anilines is 1. The fraction of sp³-hybridized carbons (Fsp3) is 0.312. The van der Waals surface area contributed by atoms with E-state index in [0.717, 1.165) is 23.9 Å². The molecule has 1 fully saturated rings. The summed E-state index contributed by atoms with van der Waals surface area (Å²) in [6.07, 6.45) is 10.5. The van der Waals surface area contributed by atoms with Crippen LogP contribution in [0, 0.1) is 0 Å². The molecule has 25 heavy (non-hydrogen) atoms. The van der Waals surface area contributed by atoms with Gasteiger partial charge in [0.2, 0.25) is 0 Å². The van der Waals surface area contributed by atoms with Crippen LogP contribution in [-0.2, 0) is 0 Å². The standard InChI is InChI=1S/C16H21N9/c1-23(19)8-12(17)13-9-25-14(5-6-20-25)15(21-13)11-7-24(22-16(11)18)10-3-2-4-10/h5-10H,2-4,17,19H2,1H3,(H2,18,22)/b12-8-. The van der Waals surface area contributed by atoms with Crippen LogP contribution in [-0.4, -0.2) is 36.4 Å². The lowest BCUT2D eigenvalue weighted by Crippen LogP contribution is -2.21. The van der Waals surface area contributed by atoms with Gasteiger partial charge in [-0.25, -0.2) is 15.3 Å². The predicted octanol–water partition coefficient (Wildman–Crippen LogP) is 0.963. The number of hydrazine groups is 1.